The van der Waals surface area contributed by atoms with Crippen molar-refractivity contribution in [1.82, 2.24) is 5.32 Å². The third-order valence-corrected chi connectivity index (χ3v) is 3.44. The second kappa shape index (κ2) is 6.42. The first kappa shape index (κ1) is 16.4. The molecule has 4 nitrogen and oxygen atoms in total. The van der Waals surface area contributed by atoms with Crippen molar-refractivity contribution in [2.45, 2.75) is 52.2 Å². The smallest absolute Gasteiger partial charge is 0.408 e. The van der Waals surface area contributed by atoms with Gasteiger partial charge >= 0.3 is 6.09 Å². The van der Waals surface area contributed by atoms with E-state index < -0.39 is 11.7 Å². The third-order valence-electron chi connectivity index (χ3n) is 3.44. The fraction of sp³-hybridized carbons (Fsp3) is 0.500. The summed E-state index contributed by atoms with van der Waals surface area (Å²) in [6, 6.07) is 4.97. The number of amides is 1. The van der Waals surface area contributed by atoms with Crippen molar-refractivity contribution in [3.05, 3.63) is 35.4 Å². The maximum Gasteiger partial charge on any atom is 0.408 e. The second-order valence-electron chi connectivity index (χ2n) is 6.88. The zero-order valence-corrected chi connectivity index (χ0v) is 13.7. The summed E-state index contributed by atoms with van der Waals surface area (Å²) in [5.41, 5.74) is 1.35. The Hall–Kier alpha value is -1.97. The number of carbonyl (C=O) groups is 1. The molecule has 1 aromatic carbocycles. The Labute approximate surface area is 132 Å². The molecule has 0 aromatic heterocycles. The van der Waals surface area contributed by atoms with Crippen LogP contribution < -0.4 is 5.32 Å². The van der Waals surface area contributed by atoms with Gasteiger partial charge in [-0.05, 0) is 69.7 Å². The number of benzene rings is 1. The average molecular weight is 303 g/mol. The van der Waals surface area contributed by atoms with Crippen LogP contribution in [0.1, 0.15) is 57.7 Å². The molecule has 2 N–H and O–H groups in total. The van der Waals surface area contributed by atoms with Crippen LogP contribution in [0.3, 0.4) is 0 Å². The van der Waals surface area contributed by atoms with Gasteiger partial charge in [0.2, 0.25) is 0 Å². The van der Waals surface area contributed by atoms with E-state index in [-0.39, 0.29) is 11.8 Å². The monoisotopic (exact) mass is 303 g/mol. The first-order valence-corrected chi connectivity index (χ1v) is 7.75. The number of hydrogen-bond acceptors (Lipinski definition) is 3. The number of allylic oxidation sites excluding steroid dienone is 1. The average Bonchev–Trinajstić information content (AvgIpc) is 3.18. The van der Waals surface area contributed by atoms with Crippen LogP contribution in [0.4, 0.5) is 4.79 Å². The van der Waals surface area contributed by atoms with E-state index in [9.17, 15) is 9.90 Å². The zero-order chi connectivity index (χ0) is 16.3. The Morgan fingerprint density at radius 2 is 2.09 bits per heavy atom. The molecule has 0 bridgehead atoms. The lowest BCUT2D eigenvalue weighted by molar-refractivity contribution is 0.0508. The Kier molecular flexibility index (Phi) is 4.79. The van der Waals surface area contributed by atoms with Gasteiger partial charge in [0.25, 0.3) is 0 Å². The summed E-state index contributed by atoms with van der Waals surface area (Å²) in [4.78, 5) is 11.9. The van der Waals surface area contributed by atoms with E-state index in [0.717, 1.165) is 11.1 Å². The number of phenolic OH excluding ortho intramolecular Hbond substituents is 1. The van der Waals surface area contributed by atoms with Crippen molar-refractivity contribution in [2.75, 3.05) is 0 Å². The highest BCUT2D eigenvalue weighted by atomic mass is 16.6. The van der Waals surface area contributed by atoms with Crippen LogP contribution in [0.25, 0.3) is 6.08 Å². The molecule has 0 unspecified atom stereocenters. The number of nitrogens with one attached hydrogen (secondary N) is 1. The van der Waals surface area contributed by atoms with Crippen molar-refractivity contribution in [3.63, 3.8) is 0 Å². The summed E-state index contributed by atoms with van der Waals surface area (Å²) in [5.74, 6) is 0.868. The van der Waals surface area contributed by atoms with E-state index in [1.165, 1.54) is 12.8 Å². The van der Waals surface area contributed by atoms with Crippen molar-refractivity contribution in [1.29, 1.82) is 0 Å². The number of ether oxygens (including phenoxy) is 1. The van der Waals surface area contributed by atoms with E-state index in [4.69, 9.17) is 4.74 Å². The maximum atomic E-state index is 11.9. The largest absolute Gasteiger partial charge is 0.508 e. The first-order chi connectivity index (χ1) is 10.2. The van der Waals surface area contributed by atoms with Crippen molar-refractivity contribution in [3.8, 4) is 5.75 Å². The molecular weight excluding hydrogens is 278 g/mol. The molecule has 1 atom stereocenters. The number of alkyl carbamates (subject to hydrolysis) is 1. The van der Waals surface area contributed by atoms with Crippen LogP contribution in [0.5, 0.6) is 5.75 Å². The van der Waals surface area contributed by atoms with Gasteiger partial charge in [0.1, 0.15) is 11.4 Å². The molecule has 2 rings (SSSR count). The Bertz CT molecular complexity index is 568. The summed E-state index contributed by atoms with van der Waals surface area (Å²) >= 11 is 0. The molecule has 0 spiro atoms. The van der Waals surface area contributed by atoms with Gasteiger partial charge in [0, 0.05) is 0 Å². The fourth-order valence-electron chi connectivity index (χ4n) is 2.18. The minimum Gasteiger partial charge on any atom is -0.508 e. The van der Waals surface area contributed by atoms with Gasteiger partial charge in [-0.1, -0.05) is 18.2 Å². The van der Waals surface area contributed by atoms with Gasteiger partial charge in [-0.25, -0.2) is 4.79 Å². The predicted molar refractivity (Wildman–Crippen MR) is 87.6 cm³/mol. The van der Waals surface area contributed by atoms with Crippen LogP contribution in [0.15, 0.2) is 24.3 Å². The van der Waals surface area contributed by atoms with E-state index in [1.54, 1.807) is 12.1 Å². The van der Waals surface area contributed by atoms with Crippen LogP contribution in [-0.4, -0.2) is 16.8 Å². The van der Waals surface area contributed by atoms with Gasteiger partial charge in [-0.2, -0.15) is 0 Å². The second-order valence-corrected chi connectivity index (χ2v) is 6.88. The molecule has 0 aliphatic heterocycles. The molecule has 0 heterocycles. The molecule has 1 amide bonds. The Morgan fingerprint density at radius 3 is 2.68 bits per heavy atom. The SMILES string of the molecule is C[C@H](NC(=O)OC(C)(C)C)c1cc(O)ccc1/C=C/C1CC1. The number of aromatic hydroxyl groups is 1. The quantitative estimate of drug-likeness (QED) is 0.866. The molecule has 1 aliphatic carbocycles. The summed E-state index contributed by atoms with van der Waals surface area (Å²) in [6.45, 7) is 7.37. The molecule has 1 aliphatic rings. The lowest BCUT2D eigenvalue weighted by Crippen LogP contribution is -2.34. The predicted octanol–water partition coefficient (Wildman–Crippen LogP) is 4.40. The summed E-state index contributed by atoms with van der Waals surface area (Å²) in [7, 11) is 0. The zero-order valence-electron chi connectivity index (χ0n) is 13.7. The van der Waals surface area contributed by atoms with E-state index in [0.29, 0.717) is 5.92 Å². The lowest BCUT2D eigenvalue weighted by atomic mass is 10.00. The number of carbonyl (C=O) groups excluding carboxylic acids is 1. The van der Waals surface area contributed by atoms with Gasteiger partial charge in [-0.15, -0.1) is 0 Å². The fourth-order valence-corrected chi connectivity index (χ4v) is 2.18. The van der Waals surface area contributed by atoms with Gasteiger partial charge in [0.05, 0.1) is 6.04 Å². The summed E-state index contributed by atoms with van der Waals surface area (Å²) in [5, 5.41) is 12.5. The Morgan fingerprint density at radius 1 is 1.41 bits per heavy atom. The van der Waals surface area contributed by atoms with E-state index >= 15 is 0 Å². The topological polar surface area (TPSA) is 58.6 Å². The molecule has 120 valence electrons. The van der Waals surface area contributed by atoms with Gasteiger partial charge in [-0.3, -0.25) is 0 Å². The molecule has 1 saturated carbocycles. The molecular formula is C18H25NO3. The standard InChI is InChI=1S/C18H25NO3/c1-12(19-17(21)22-18(2,3)4)16-11-15(20)10-9-14(16)8-7-13-5-6-13/h7-13,20H,5-6H2,1-4H3,(H,19,21)/b8-7+/t12-/m0/s1. The third kappa shape index (κ3) is 5.10. The van der Waals surface area contributed by atoms with Crippen molar-refractivity contribution >= 4 is 12.2 Å². The van der Waals surface area contributed by atoms with E-state index in [1.807, 2.05) is 33.8 Å². The number of phenols is 1. The molecule has 1 fully saturated rings. The molecule has 0 saturated heterocycles. The Balaban J connectivity index is 2.11. The molecule has 0 radical (unpaired) electrons. The highest BCUT2D eigenvalue weighted by Gasteiger charge is 2.20. The van der Waals surface area contributed by atoms with Crippen molar-refractivity contribution in [2.24, 2.45) is 5.92 Å². The van der Waals surface area contributed by atoms with Crippen LogP contribution >= 0.6 is 0 Å². The maximum absolute atomic E-state index is 11.9. The highest BCUT2D eigenvalue weighted by Crippen LogP contribution is 2.32. The number of hydrogen-bond donors (Lipinski definition) is 2. The van der Waals surface area contributed by atoms with Crippen LogP contribution in [-0.2, 0) is 4.74 Å². The van der Waals surface area contributed by atoms with E-state index in [2.05, 4.69) is 17.5 Å². The first-order valence-electron chi connectivity index (χ1n) is 7.75. The summed E-state index contributed by atoms with van der Waals surface area (Å²) < 4.78 is 5.28. The minimum absolute atomic E-state index is 0.191. The van der Waals surface area contributed by atoms with Gasteiger partial charge < -0.3 is 15.2 Å². The normalized spacial score (nSPS) is 16.5. The highest BCUT2D eigenvalue weighted by molar-refractivity contribution is 5.69. The number of rotatable bonds is 4. The summed E-state index contributed by atoms with van der Waals surface area (Å²) in [6.07, 6.45) is 6.29. The lowest BCUT2D eigenvalue weighted by Gasteiger charge is -2.23. The van der Waals surface area contributed by atoms with Gasteiger partial charge in [0.15, 0.2) is 0 Å². The van der Waals surface area contributed by atoms with Crippen LogP contribution in [0, 0.1) is 5.92 Å². The van der Waals surface area contributed by atoms with Crippen LogP contribution in [0.2, 0.25) is 0 Å². The molecule has 1 aromatic rings. The molecule has 4 heteroatoms. The molecule has 22 heavy (non-hydrogen) atoms. The van der Waals surface area contributed by atoms with Crippen molar-refractivity contribution < 1.29 is 14.6 Å². The minimum atomic E-state index is -0.530.